The largest absolute Gasteiger partial charge is 0.495 e. The molecule has 0 aliphatic rings. The Morgan fingerprint density at radius 2 is 1.53 bits per heavy atom. The van der Waals surface area contributed by atoms with Crippen molar-refractivity contribution in [3.05, 3.63) is 90.0 Å². The quantitative estimate of drug-likeness (QED) is 0.489. The molecule has 3 rings (SSSR count). The van der Waals surface area contributed by atoms with Crippen molar-refractivity contribution < 1.29 is 17.9 Å². The first-order valence-corrected chi connectivity index (χ1v) is 12.6. The molecule has 0 aromatic heterocycles. The van der Waals surface area contributed by atoms with Crippen LogP contribution in [0.1, 0.15) is 44.9 Å². The molecular weight excluding hydrogens is 448 g/mol. The molecule has 0 bridgehead atoms. The SMILES string of the molecule is COc1ccccc1N(CC(=O)N[C@@H](C)c1ccc(C(C)(C)C)cc1)S(=O)(=O)c1ccccc1. The molecular formula is C27H32N2O4S. The molecule has 1 N–H and O–H groups in total. The second-order valence-electron chi connectivity index (χ2n) is 9.16. The van der Waals surface area contributed by atoms with Crippen LogP contribution in [0.5, 0.6) is 5.75 Å². The lowest BCUT2D eigenvalue weighted by Gasteiger charge is -2.26. The summed E-state index contributed by atoms with van der Waals surface area (Å²) in [6.45, 7) is 7.93. The van der Waals surface area contributed by atoms with E-state index in [0.717, 1.165) is 9.87 Å². The number of ether oxygens (including phenoxy) is 1. The molecule has 180 valence electrons. The Balaban J connectivity index is 1.87. The average molecular weight is 481 g/mol. The van der Waals surface area contributed by atoms with E-state index in [0.29, 0.717) is 11.4 Å². The highest BCUT2D eigenvalue weighted by Crippen LogP contribution is 2.32. The van der Waals surface area contributed by atoms with Crippen molar-refractivity contribution in [3.8, 4) is 5.75 Å². The molecule has 0 fully saturated rings. The van der Waals surface area contributed by atoms with Crippen LogP contribution in [0, 0.1) is 0 Å². The van der Waals surface area contributed by atoms with Gasteiger partial charge in [-0.15, -0.1) is 0 Å². The number of anilines is 1. The van der Waals surface area contributed by atoms with Crippen LogP contribution in [0.4, 0.5) is 5.69 Å². The van der Waals surface area contributed by atoms with Crippen molar-refractivity contribution >= 4 is 21.6 Å². The zero-order valence-electron chi connectivity index (χ0n) is 20.3. The van der Waals surface area contributed by atoms with Gasteiger partial charge in [0.2, 0.25) is 5.91 Å². The molecule has 0 saturated carbocycles. The Hall–Kier alpha value is -3.32. The third-order valence-electron chi connectivity index (χ3n) is 5.63. The molecule has 0 radical (unpaired) electrons. The van der Waals surface area contributed by atoms with Crippen molar-refractivity contribution in [2.24, 2.45) is 0 Å². The molecule has 0 heterocycles. The standard InChI is InChI=1S/C27H32N2O4S/c1-20(21-15-17-22(18-16-21)27(2,3)4)28-26(30)19-29(24-13-9-10-14-25(24)33-5)34(31,32)23-11-7-6-8-12-23/h6-18,20H,19H2,1-5H3,(H,28,30)/t20-/m0/s1. The molecule has 0 aliphatic heterocycles. The predicted molar refractivity (Wildman–Crippen MR) is 136 cm³/mol. The van der Waals surface area contributed by atoms with E-state index in [9.17, 15) is 13.2 Å². The summed E-state index contributed by atoms with van der Waals surface area (Å²) >= 11 is 0. The zero-order valence-corrected chi connectivity index (χ0v) is 21.1. The Labute approximate surface area is 202 Å². The molecule has 3 aromatic carbocycles. The second kappa shape index (κ2) is 10.3. The molecule has 0 saturated heterocycles. The van der Waals surface area contributed by atoms with Gasteiger partial charge in [0.1, 0.15) is 12.3 Å². The summed E-state index contributed by atoms with van der Waals surface area (Å²) in [5.74, 6) is -0.0570. The van der Waals surface area contributed by atoms with E-state index in [4.69, 9.17) is 4.74 Å². The highest BCUT2D eigenvalue weighted by atomic mass is 32.2. The van der Waals surface area contributed by atoms with Crippen molar-refractivity contribution in [2.45, 2.75) is 44.0 Å². The third-order valence-corrected chi connectivity index (χ3v) is 7.40. The number of amides is 1. The van der Waals surface area contributed by atoms with Gasteiger partial charge in [-0.1, -0.05) is 75.4 Å². The third kappa shape index (κ3) is 5.78. The van der Waals surface area contributed by atoms with E-state index < -0.39 is 15.9 Å². The van der Waals surface area contributed by atoms with Crippen molar-refractivity contribution in [3.63, 3.8) is 0 Å². The van der Waals surface area contributed by atoms with Gasteiger partial charge >= 0.3 is 0 Å². The second-order valence-corrected chi connectivity index (χ2v) is 11.0. The molecule has 3 aromatic rings. The maximum absolute atomic E-state index is 13.5. The first-order chi connectivity index (χ1) is 16.0. The summed E-state index contributed by atoms with van der Waals surface area (Å²) in [4.78, 5) is 13.2. The number of hydrogen-bond donors (Lipinski definition) is 1. The number of benzene rings is 3. The Morgan fingerprint density at radius 1 is 0.941 bits per heavy atom. The monoisotopic (exact) mass is 480 g/mol. The van der Waals surface area contributed by atoms with E-state index in [1.165, 1.54) is 24.8 Å². The van der Waals surface area contributed by atoms with Gasteiger partial charge in [0.25, 0.3) is 10.0 Å². The first-order valence-electron chi connectivity index (χ1n) is 11.1. The lowest BCUT2D eigenvalue weighted by molar-refractivity contribution is -0.120. The number of methoxy groups -OCH3 is 1. The smallest absolute Gasteiger partial charge is 0.264 e. The molecule has 0 spiro atoms. The maximum Gasteiger partial charge on any atom is 0.264 e. The molecule has 6 nitrogen and oxygen atoms in total. The number of carbonyl (C=O) groups excluding carboxylic acids is 1. The Kier molecular flexibility index (Phi) is 7.67. The van der Waals surface area contributed by atoms with Crippen LogP contribution in [0.15, 0.2) is 83.8 Å². The number of nitrogens with one attached hydrogen (secondary N) is 1. The van der Waals surface area contributed by atoms with Gasteiger partial charge in [-0.05, 0) is 47.7 Å². The van der Waals surface area contributed by atoms with E-state index in [2.05, 4.69) is 38.2 Å². The predicted octanol–water partition coefficient (Wildman–Crippen LogP) is 5.07. The first kappa shape index (κ1) is 25.3. The van der Waals surface area contributed by atoms with E-state index >= 15 is 0 Å². The van der Waals surface area contributed by atoms with Crippen molar-refractivity contribution in [1.82, 2.24) is 5.32 Å². The van der Waals surface area contributed by atoms with Gasteiger partial charge in [0.05, 0.1) is 23.7 Å². The molecule has 1 atom stereocenters. The van der Waals surface area contributed by atoms with E-state index in [1.807, 2.05) is 19.1 Å². The van der Waals surface area contributed by atoms with Gasteiger partial charge in [-0.3, -0.25) is 9.10 Å². The molecule has 7 heteroatoms. The van der Waals surface area contributed by atoms with E-state index in [1.54, 1.807) is 42.5 Å². The van der Waals surface area contributed by atoms with Crippen molar-refractivity contribution in [1.29, 1.82) is 0 Å². The average Bonchev–Trinajstić information content (AvgIpc) is 2.82. The summed E-state index contributed by atoms with van der Waals surface area (Å²) in [6.07, 6.45) is 0. The minimum Gasteiger partial charge on any atom is -0.495 e. The van der Waals surface area contributed by atoms with Crippen LogP contribution < -0.4 is 14.4 Å². The zero-order chi connectivity index (χ0) is 24.9. The van der Waals surface area contributed by atoms with Gasteiger partial charge in [-0.2, -0.15) is 0 Å². The highest BCUT2D eigenvalue weighted by Gasteiger charge is 2.29. The van der Waals surface area contributed by atoms with Crippen LogP contribution in [0.2, 0.25) is 0 Å². The summed E-state index contributed by atoms with van der Waals surface area (Å²) in [7, 11) is -2.54. The van der Waals surface area contributed by atoms with Crippen LogP contribution in [-0.4, -0.2) is 28.0 Å². The maximum atomic E-state index is 13.5. The summed E-state index contributed by atoms with van der Waals surface area (Å²) in [6, 6.07) is 22.6. The fraction of sp³-hybridized carbons (Fsp3) is 0.296. The molecule has 34 heavy (non-hydrogen) atoms. The number of hydrogen-bond acceptors (Lipinski definition) is 4. The van der Waals surface area contributed by atoms with E-state index in [-0.39, 0.29) is 22.9 Å². The number of rotatable bonds is 8. The number of carbonyl (C=O) groups is 1. The number of sulfonamides is 1. The van der Waals surface area contributed by atoms with Gasteiger partial charge in [-0.25, -0.2) is 8.42 Å². The summed E-state index contributed by atoms with van der Waals surface area (Å²) < 4.78 is 33.5. The topological polar surface area (TPSA) is 75.7 Å². The number of para-hydroxylation sites is 2. The summed E-state index contributed by atoms with van der Waals surface area (Å²) in [5, 5.41) is 2.93. The van der Waals surface area contributed by atoms with Crippen molar-refractivity contribution in [2.75, 3.05) is 18.0 Å². The normalized spacial score (nSPS) is 12.6. The minimum atomic E-state index is -4.01. The summed E-state index contributed by atoms with van der Waals surface area (Å²) in [5.41, 5.74) is 2.47. The highest BCUT2D eigenvalue weighted by molar-refractivity contribution is 7.92. The fourth-order valence-electron chi connectivity index (χ4n) is 3.63. The fourth-order valence-corrected chi connectivity index (χ4v) is 5.08. The lowest BCUT2D eigenvalue weighted by Crippen LogP contribution is -2.41. The Morgan fingerprint density at radius 3 is 2.12 bits per heavy atom. The Bertz CT molecular complexity index is 1220. The molecule has 1 amide bonds. The molecule has 0 unspecified atom stereocenters. The van der Waals surface area contributed by atoms with Crippen LogP contribution in [-0.2, 0) is 20.2 Å². The van der Waals surface area contributed by atoms with Crippen LogP contribution >= 0.6 is 0 Å². The lowest BCUT2D eigenvalue weighted by atomic mass is 9.86. The minimum absolute atomic E-state index is 0.0338. The van der Waals surface area contributed by atoms with Gasteiger partial charge in [0, 0.05) is 0 Å². The van der Waals surface area contributed by atoms with Gasteiger partial charge in [0.15, 0.2) is 0 Å². The molecule has 0 aliphatic carbocycles. The van der Waals surface area contributed by atoms with Crippen LogP contribution in [0.3, 0.4) is 0 Å². The number of nitrogens with zero attached hydrogens (tertiary/aromatic N) is 1. The van der Waals surface area contributed by atoms with Gasteiger partial charge < -0.3 is 10.1 Å². The van der Waals surface area contributed by atoms with Crippen LogP contribution in [0.25, 0.3) is 0 Å².